The van der Waals surface area contributed by atoms with Gasteiger partial charge < -0.3 is 0 Å². The predicted molar refractivity (Wildman–Crippen MR) is 52.5 cm³/mol. The largest absolute Gasteiger partial charge is 0.389 e. The molecule has 0 bridgehead atoms. The number of rotatable bonds is 4. The zero-order chi connectivity index (χ0) is 10.7. The molecule has 0 aromatic rings. The lowest BCUT2D eigenvalue weighted by atomic mass is 10.2. The molecule has 7 heteroatoms. The lowest BCUT2D eigenvalue weighted by Gasteiger charge is -2.21. The summed E-state index contributed by atoms with van der Waals surface area (Å²) in [5.41, 5.74) is -0.935. The Hall–Kier alpha value is 0.617. The fraction of sp³-hybridized carbons (Fsp3) is 0.667. The maximum atomic E-state index is 12.0. The summed E-state index contributed by atoms with van der Waals surface area (Å²) in [5, 5.41) is 0. The average molecular weight is 272 g/mol. The third-order valence-electron chi connectivity index (χ3n) is 1.39. The topological polar surface area (TPSA) is 0 Å². The van der Waals surface area contributed by atoms with Gasteiger partial charge >= 0.3 is 12.2 Å². The molecule has 0 saturated carbocycles. The first kappa shape index (κ1) is 13.6. The summed E-state index contributed by atoms with van der Waals surface area (Å²) in [7, 11) is 0. The van der Waals surface area contributed by atoms with E-state index < -0.39 is 24.1 Å². The van der Waals surface area contributed by atoms with E-state index in [9.17, 15) is 13.2 Å². The van der Waals surface area contributed by atoms with Crippen LogP contribution in [0.3, 0.4) is 0 Å². The van der Waals surface area contributed by atoms with Crippen LogP contribution in [0.15, 0.2) is 12.7 Å². The first-order valence-corrected chi connectivity index (χ1v) is 8.52. The van der Waals surface area contributed by atoms with E-state index in [2.05, 4.69) is 6.58 Å². The quantitative estimate of drug-likeness (QED) is 0.400. The normalized spacial score (nSPS) is 15.5. The fourth-order valence-electron chi connectivity index (χ4n) is 0.813. The van der Waals surface area contributed by atoms with Crippen molar-refractivity contribution in [2.24, 2.45) is 0 Å². The van der Waals surface area contributed by atoms with E-state index in [4.69, 9.17) is 33.2 Å². The number of alkyl halides is 3. The lowest BCUT2D eigenvalue weighted by molar-refractivity contribution is -0.135. The van der Waals surface area contributed by atoms with E-state index in [1.165, 1.54) is 6.08 Å². The van der Waals surface area contributed by atoms with Gasteiger partial charge in [-0.05, 0) is 6.42 Å². The van der Waals surface area contributed by atoms with Gasteiger partial charge in [0.15, 0.2) is 0 Å². The minimum Gasteiger partial charge on any atom is -0.171 e. The molecule has 0 nitrogen and oxygen atoms in total. The van der Waals surface area contributed by atoms with Gasteiger partial charge in [-0.15, -0.1) is 39.8 Å². The first-order chi connectivity index (χ1) is 5.67. The van der Waals surface area contributed by atoms with Crippen LogP contribution < -0.4 is 0 Å². The van der Waals surface area contributed by atoms with Crippen LogP contribution >= 0.6 is 33.2 Å². The van der Waals surface area contributed by atoms with Crippen molar-refractivity contribution in [2.45, 2.75) is 24.6 Å². The van der Waals surface area contributed by atoms with Crippen LogP contribution in [0.4, 0.5) is 13.2 Å². The third-order valence-corrected chi connectivity index (χ3v) is 5.54. The first-order valence-electron chi connectivity index (χ1n) is 3.41. The van der Waals surface area contributed by atoms with Crippen molar-refractivity contribution in [1.82, 2.24) is 0 Å². The molecule has 0 heterocycles. The van der Waals surface area contributed by atoms with Crippen molar-refractivity contribution in [3.05, 3.63) is 12.7 Å². The van der Waals surface area contributed by atoms with E-state index in [0.29, 0.717) is 0 Å². The Bertz CT molecular complexity index is 175. The van der Waals surface area contributed by atoms with E-state index in [-0.39, 0.29) is 6.42 Å². The minimum atomic E-state index is -4.29. The Labute approximate surface area is 89.8 Å². The predicted octanol–water partition coefficient (Wildman–Crippen LogP) is 4.54. The van der Waals surface area contributed by atoms with Gasteiger partial charge in [-0.25, -0.2) is 0 Å². The monoisotopic (exact) mass is 270 g/mol. The second-order valence-electron chi connectivity index (χ2n) is 2.58. The van der Waals surface area contributed by atoms with Crippen LogP contribution in [0.5, 0.6) is 0 Å². The molecule has 0 N–H and O–H groups in total. The maximum Gasteiger partial charge on any atom is 0.389 e. The molecule has 0 fully saturated rings. The summed E-state index contributed by atoms with van der Waals surface area (Å²) in [5.74, 6) is 0. The SMILES string of the molecule is C=CCC(CC(F)(F)F)[Si](Cl)(Cl)Cl. The number of allylic oxidation sites excluding steroid dienone is 1. The van der Waals surface area contributed by atoms with Gasteiger partial charge in [0, 0.05) is 12.0 Å². The van der Waals surface area contributed by atoms with Crippen LogP contribution in [-0.2, 0) is 0 Å². The molecule has 0 aromatic carbocycles. The lowest BCUT2D eigenvalue weighted by Crippen LogP contribution is -2.25. The van der Waals surface area contributed by atoms with Crippen LogP contribution in [0.25, 0.3) is 0 Å². The Kier molecular flexibility index (Phi) is 5.15. The van der Waals surface area contributed by atoms with Crippen molar-refractivity contribution in [3.8, 4) is 0 Å². The van der Waals surface area contributed by atoms with Crippen LogP contribution in [0.2, 0.25) is 5.54 Å². The molecule has 1 atom stereocenters. The molecule has 78 valence electrons. The summed E-state index contributed by atoms with van der Waals surface area (Å²) in [6.45, 7) is 3.32. The zero-order valence-corrected chi connectivity index (χ0v) is 9.81. The molecule has 0 amide bonds. The summed E-state index contributed by atoms with van der Waals surface area (Å²) in [4.78, 5) is 0. The van der Waals surface area contributed by atoms with Crippen molar-refractivity contribution in [3.63, 3.8) is 0 Å². The van der Waals surface area contributed by atoms with Crippen LogP contribution in [0, 0.1) is 0 Å². The molecule has 0 aromatic heterocycles. The zero-order valence-electron chi connectivity index (χ0n) is 6.54. The van der Waals surface area contributed by atoms with E-state index >= 15 is 0 Å². The summed E-state index contributed by atoms with van der Waals surface area (Å²) in [6, 6.07) is -3.29. The van der Waals surface area contributed by atoms with Crippen LogP contribution in [0.1, 0.15) is 12.8 Å². The fourth-order valence-corrected chi connectivity index (χ4v) is 3.21. The van der Waals surface area contributed by atoms with Crippen molar-refractivity contribution in [2.75, 3.05) is 0 Å². The maximum absolute atomic E-state index is 12.0. The summed E-state index contributed by atoms with van der Waals surface area (Å²) in [6.07, 6.45) is -3.92. The van der Waals surface area contributed by atoms with Gasteiger partial charge in [0.05, 0.1) is 0 Å². The Morgan fingerprint density at radius 2 is 1.77 bits per heavy atom. The Morgan fingerprint density at radius 1 is 1.31 bits per heavy atom. The van der Waals surface area contributed by atoms with Crippen molar-refractivity contribution in [1.29, 1.82) is 0 Å². The summed E-state index contributed by atoms with van der Waals surface area (Å²) >= 11 is 16.5. The molecule has 0 spiro atoms. The standard InChI is InChI=1S/C6H8Cl3F3Si/c1-2-3-5(13(7,8)9)4-6(10,11)12/h2,5H,1,3-4H2. The minimum absolute atomic E-state index is 0.0855. The average Bonchev–Trinajstić information content (AvgIpc) is 1.81. The third kappa shape index (κ3) is 6.66. The molecule has 0 radical (unpaired) electrons. The Balaban J connectivity index is 4.35. The van der Waals surface area contributed by atoms with Gasteiger partial charge in [0.1, 0.15) is 0 Å². The van der Waals surface area contributed by atoms with E-state index in [0.717, 1.165) is 0 Å². The molecular formula is C6H8Cl3F3Si. The van der Waals surface area contributed by atoms with Gasteiger partial charge in [-0.2, -0.15) is 13.2 Å². The molecule has 0 aliphatic carbocycles. The highest BCUT2D eigenvalue weighted by molar-refractivity contribution is 7.65. The second kappa shape index (κ2) is 4.91. The van der Waals surface area contributed by atoms with Gasteiger partial charge in [0.2, 0.25) is 0 Å². The molecule has 0 aliphatic heterocycles. The molecule has 13 heavy (non-hydrogen) atoms. The van der Waals surface area contributed by atoms with E-state index in [1.807, 2.05) is 0 Å². The smallest absolute Gasteiger partial charge is 0.171 e. The van der Waals surface area contributed by atoms with Gasteiger partial charge in [-0.1, -0.05) is 6.08 Å². The molecular weight excluding hydrogens is 264 g/mol. The molecule has 1 unspecified atom stereocenters. The van der Waals surface area contributed by atoms with Crippen LogP contribution in [-0.4, -0.2) is 12.2 Å². The number of hydrogen-bond acceptors (Lipinski definition) is 0. The Morgan fingerprint density at radius 3 is 2.00 bits per heavy atom. The highest BCUT2D eigenvalue weighted by Crippen LogP contribution is 2.43. The van der Waals surface area contributed by atoms with Crippen molar-refractivity contribution < 1.29 is 13.2 Å². The highest BCUT2D eigenvalue weighted by Gasteiger charge is 2.43. The molecule has 0 aliphatic rings. The molecule has 0 rings (SSSR count). The second-order valence-corrected chi connectivity index (χ2v) is 11.6. The number of halogens is 6. The highest BCUT2D eigenvalue weighted by atomic mass is 35.8. The van der Waals surface area contributed by atoms with E-state index in [1.54, 1.807) is 0 Å². The van der Waals surface area contributed by atoms with Gasteiger partial charge in [0.25, 0.3) is 0 Å². The molecule has 0 saturated heterocycles. The summed E-state index contributed by atoms with van der Waals surface area (Å²) < 4.78 is 35.9. The number of hydrogen-bond donors (Lipinski definition) is 0. The van der Waals surface area contributed by atoms with Gasteiger partial charge in [-0.3, -0.25) is 0 Å². The van der Waals surface area contributed by atoms with Crippen molar-refractivity contribution >= 4 is 39.2 Å².